The number of ether oxygens (including phenoxy) is 1. The van der Waals surface area contributed by atoms with E-state index < -0.39 is 0 Å². The first kappa shape index (κ1) is 14.9. The Balaban J connectivity index is 1.49. The van der Waals surface area contributed by atoms with Crippen LogP contribution in [0.1, 0.15) is 17.4 Å². The standard InChI is InChI=1S/C20H16N4O2/c21-20-22-8-7-15(24-20)12-5-6-16-18(10-12)26-19(23-16)14-9-13-3-1-2-4-17(13)25-11-14/h1-8,10,14H,9,11H2,(H2,21,22,24). The van der Waals surface area contributed by atoms with E-state index in [0.29, 0.717) is 12.5 Å². The zero-order valence-electron chi connectivity index (χ0n) is 13.9. The Hall–Kier alpha value is -3.41. The molecule has 0 saturated heterocycles. The van der Waals surface area contributed by atoms with Gasteiger partial charge in [-0.05, 0) is 36.2 Å². The molecule has 0 radical (unpaired) electrons. The van der Waals surface area contributed by atoms with Gasteiger partial charge in [-0.3, -0.25) is 0 Å². The minimum atomic E-state index is 0.107. The smallest absolute Gasteiger partial charge is 0.220 e. The summed E-state index contributed by atoms with van der Waals surface area (Å²) in [5.74, 6) is 2.01. The number of rotatable bonds is 2. The Morgan fingerprint density at radius 1 is 1.04 bits per heavy atom. The SMILES string of the molecule is Nc1nccc(-c2ccc3nc(C4COc5ccccc5C4)oc3c2)n1. The molecule has 1 atom stereocenters. The summed E-state index contributed by atoms with van der Waals surface area (Å²) in [6.45, 7) is 0.569. The summed E-state index contributed by atoms with van der Waals surface area (Å²) < 4.78 is 11.9. The number of benzene rings is 2. The molecule has 2 N–H and O–H groups in total. The summed E-state index contributed by atoms with van der Waals surface area (Å²) in [6.07, 6.45) is 2.50. The number of fused-ring (bicyclic) bond motifs is 2. The van der Waals surface area contributed by atoms with Crippen LogP contribution in [0.3, 0.4) is 0 Å². The largest absolute Gasteiger partial charge is 0.492 e. The van der Waals surface area contributed by atoms with Crippen molar-refractivity contribution in [3.05, 3.63) is 66.2 Å². The van der Waals surface area contributed by atoms with E-state index >= 15 is 0 Å². The van der Waals surface area contributed by atoms with E-state index in [4.69, 9.17) is 14.9 Å². The van der Waals surface area contributed by atoms with Crippen LogP contribution in [0.25, 0.3) is 22.4 Å². The predicted molar refractivity (Wildman–Crippen MR) is 97.8 cm³/mol. The fraction of sp³-hybridized carbons (Fsp3) is 0.150. The number of hydrogen-bond acceptors (Lipinski definition) is 6. The molecule has 0 bridgehead atoms. The normalized spacial score (nSPS) is 16.2. The van der Waals surface area contributed by atoms with Crippen molar-refractivity contribution in [2.24, 2.45) is 0 Å². The Kier molecular flexibility index (Phi) is 3.35. The number of anilines is 1. The monoisotopic (exact) mass is 344 g/mol. The van der Waals surface area contributed by atoms with Gasteiger partial charge in [0.15, 0.2) is 5.58 Å². The van der Waals surface area contributed by atoms with Crippen LogP contribution in [0.2, 0.25) is 0 Å². The van der Waals surface area contributed by atoms with E-state index in [1.807, 2.05) is 42.5 Å². The van der Waals surface area contributed by atoms with Crippen LogP contribution in [0.15, 0.2) is 59.1 Å². The zero-order valence-corrected chi connectivity index (χ0v) is 13.9. The number of nitrogens with two attached hydrogens (primary N) is 1. The molecule has 1 aliphatic rings. The average Bonchev–Trinajstić information content (AvgIpc) is 3.11. The van der Waals surface area contributed by atoms with Gasteiger partial charge in [-0.2, -0.15) is 0 Å². The molecule has 1 unspecified atom stereocenters. The molecule has 5 rings (SSSR count). The van der Waals surface area contributed by atoms with E-state index in [0.717, 1.165) is 34.5 Å². The minimum Gasteiger partial charge on any atom is -0.492 e. The first-order valence-corrected chi connectivity index (χ1v) is 8.46. The molecule has 0 aliphatic carbocycles. The predicted octanol–water partition coefficient (Wildman–Crippen LogP) is 3.59. The van der Waals surface area contributed by atoms with Gasteiger partial charge in [-0.25, -0.2) is 15.0 Å². The van der Waals surface area contributed by atoms with Crippen LogP contribution in [0.5, 0.6) is 5.75 Å². The van der Waals surface area contributed by atoms with Crippen molar-refractivity contribution in [3.8, 4) is 17.0 Å². The summed E-state index contributed by atoms with van der Waals surface area (Å²) in [6, 6.07) is 15.7. The average molecular weight is 344 g/mol. The molecule has 1 aliphatic heterocycles. The van der Waals surface area contributed by atoms with Crippen LogP contribution in [-0.2, 0) is 6.42 Å². The quantitative estimate of drug-likeness (QED) is 0.598. The van der Waals surface area contributed by atoms with Gasteiger partial charge in [0.1, 0.15) is 17.9 Å². The van der Waals surface area contributed by atoms with Crippen LogP contribution in [0, 0.1) is 0 Å². The third-order valence-corrected chi connectivity index (χ3v) is 4.60. The lowest BCUT2D eigenvalue weighted by Gasteiger charge is -2.22. The van der Waals surface area contributed by atoms with Crippen LogP contribution < -0.4 is 10.5 Å². The summed E-state index contributed by atoms with van der Waals surface area (Å²) in [5, 5.41) is 0. The number of aromatic nitrogens is 3. The fourth-order valence-electron chi connectivity index (χ4n) is 3.30. The van der Waals surface area contributed by atoms with E-state index in [1.54, 1.807) is 6.20 Å². The van der Waals surface area contributed by atoms with Gasteiger partial charge >= 0.3 is 0 Å². The lowest BCUT2D eigenvalue weighted by atomic mass is 9.97. The maximum Gasteiger partial charge on any atom is 0.220 e. The van der Waals surface area contributed by atoms with Crippen LogP contribution >= 0.6 is 0 Å². The highest BCUT2D eigenvalue weighted by Gasteiger charge is 2.25. The van der Waals surface area contributed by atoms with Gasteiger partial charge in [0.05, 0.1) is 11.6 Å². The van der Waals surface area contributed by atoms with Crippen molar-refractivity contribution >= 4 is 17.0 Å². The maximum atomic E-state index is 6.05. The summed E-state index contributed by atoms with van der Waals surface area (Å²) >= 11 is 0. The number of oxazole rings is 1. The summed E-state index contributed by atoms with van der Waals surface area (Å²) in [4.78, 5) is 12.8. The maximum absolute atomic E-state index is 6.05. The van der Waals surface area contributed by atoms with Crippen molar-refractivity contribution in [3.63, 3.8) is 0 Å². The molecule has 26 heavy (non-hydrogen) atoms. The van der Waals surface area contributed by atoms with Gasteiger partial charge in [-0.15, -0.1) is 0 Å². The Morgan fingerprint density at radius 2 is 1.96 bits per heavy atom. The van der Waals surface area contributed by atoms with E-state index in [2.05, 4.69) is 21.0 Å². The highest BCUT2D eigenvalue weighted by molar-refractivity contribution is 5.79. The number of hydrogen-bond donors (Lipinski definition) is 1. The second-order valence-electron chi connectivity index (χ2n) is 6.35. The topological polar surface area (TPSA) is 87.1 Å². The van der Waals surface area contributed by atoms with Gasteiger partial charge in [0.2, 0.25) is 11.8 Å². The highest BCUT2D eigenvalue weighted by atomic mass is 16.5. The molecule has 6 nitrogen and oxygen atoms in total. The molecular formula is C20H16N4O2. The van der Waals surface area contributed by atoms with Gasteiger partial charge in [0, 0.05) is 11.8 Å². The van der Waals surface area contributed by atoms with Crippen molar-refractivity contribution < 1.29 is 9.15 Å². The zero-order chi connectivity index (χ0) is 17.5. The molecule has 2 aromatic carbocycles. The molecule has 0 fully saturated rings. The number of para-hydroxylation sites is 1. The minimum absolute atomic E-state index is 0.107. The highest BCUT2D eigenvalue weighted by Crippen LogP contribution is 2.33. The first-order valence-electron chi connectivity index (χ1n) is 8.46. The molecule has 6 heteroatoms. The third-order valence-electron chi connectivity index (χ3n) is 4.60. The van der Waals surface area contributed by atoms with Gasteiger partial charge in [0.25, 0.3) is 0 Å². The second kappa shape index (κ2) is 5.84. The van der Waals surface area contributed by atoms with E-state index in [1.165, 1.54) is 5.56 Å². The number of nitrogens with zero attached hydrogens (tertiary/aromatic N) is 3. The van der Waals surface area contributed by atoms with E-state index in [9.17, 15) is 0 Å². The Bertz CT molecular complexity index is 1110. The van der Waals surface area contributed by atoms with Crippen LogP contribution in [-0.4, -0.2) is 21.6 Å². The van der Waals surface area contributed by atoms with Crippen LogP contribution in [0.4, 0.5) is 5.95 Å². The van der Waals surface area contributed by atoms with Crippen molar-refractivity contribution in [1.82, 2.24) is 15.0 Å². The molecule has 3 heterocycles. The lowest BCUT2D eigenvalue weighted by Crippen LogP contribution is -2.19. The Labute approximate surface area is 149 Å². The van der Waals surface area contributed by atoms with Gasteiger partial charge < -0.3 is 14.9 Å². The molecular weight excluding hydrogens is 328 g/mol. The van der Waals surface area contributed by atoms with Crippen molar-refractivity contribution in [2.75, 3.05) is 12.3 Å². The first-order chi connectivity index (χ1) is 12.8. The molecule has 2 aromatic heterocycles. The molecule has 0 amide bonds. The second-order valence-corrected chi connectivity index (χ2v) is 6.35. The molecule has 128 valence electrons. The van der Waals surface area contributed by atoms with Crippen molar-refractivity contribution in [2.45, 2.75) is 12.3 Å². The lowest BCUT2D eigenvalue weighted by molar-refractivity contribution is 0.243. The van der Waals surface area contributed by atoms with Gasteiger partial charge in [-0.1, -0.05) is 24.3 Å². The third kappa shape index (κ3) is 2.56. The summed E-state index contributed by atoms with van der Waals surface area (Å²) in [7, 11) is 0. The fourth-order valence-corrected chi connectivity index (χ4v) is 3.30. The molecule has 4 aromatic rings. The molecule has 0 spiro atoms. The molecule has 0 saturated carbocycles. The Morgan fingerprint density at radius 3 is 2.88 bits per heavy atom. The summed E-state index contributed by atoms with van der Waals surface area (Å²) in [5.41, 5.74) is 10.1. The number of nitrogen functional groups attached to an aromatic ring is 1. The van der Waals surface area contributed by atoms with Crippen molar-refractivity contribution in [1.29, 1.82) is 0 Å². The van der Waals surface area contributed by atoms with E-state index in [-0.39, 0.29) is 11.9 Å².